The van der Waals surface area contributed by atoms with Crippen LogP contribution in [0.25, 0.3) is 0 Å². The van der Waals surface area contributed by atoms with Gasteiger partial charge in [0, 0.05) is 12.5 Å². The monoisotopic (exact) mass is 385 g/mol. The first-order valence-corrected chi connectivity index (χ1v) is 10.2. The largest absolute Gasteiger partial charge is 0.491 e. The first kappa shape index (κ1) is 20.3. The van der Waals surface area contributed by atoms with Crippen LogP contribution < -0.4 is 10.1 Å². The van der Waals surface area contributed by atoms with E-state index in [-0.39, 0.29) is 11.8 Å². The van der Waals surface area contributed by atoms with E-state index in [1.807, 2.05) is 0 Å². The van der Waals surface area contributed by atoms with Crippen LogP contribution in [0.3, 0.4) is 0 Å². The molecule has 3 rings (SSSR count). The molecule has 152 valence electrons. The molecule has 7 heteroatoms. The van der Waals surface area contributed by atoms with Crippen molar-refractivity contribution in [2.24, 2.45) is 11.8 Å². The second kappa shape index (κ2) is 9.66. The minimum atomic E-state index is 0.107. The van der Waals surface area contributed by atoms with Crippen molar-refractivity contribution in [3.8, 4) is 5.75 Å². The van der Waals surface area contributed by atoms with E-state index in [2.05, 4.69) is 59.8 Å². The number of aryl methyl sites for hydroxylation is 1. The fourth-order valence-corrected chi connectivity index (χ4v) is 3.86. The maximum Gasteiger partial charge on any atom is 0.223 e. The van der Waals surface area contributed by atoms with Crippen molar-refractivity contribution in [3.63, 3.8) is 0 Å². The molecule has 1 heterocycles. The van der Waals surface area contributed by atoms with E-state index in [4.69, 9.17) is 4.74 Å². The summed E-state index contributed by atoms with van der Waals surface area (Å²) in [5.74, 6) is 2.14. The summed E-state index contributed by atoms with van der Waals surface area (Å²) in [6.07, 6.45) is 5.58. The van der Waals surface area contributed by atoms with E-state index in [1.165, 1.54) is 11.1 Å². The van der Waals surface area contributed by atoms with Gasteiger partial charge in [0.25, 0.3) is 0 Å². The number of tetrazole rings is 1. The van der Waals surface area contributed by atoms with Gasteiger partial charge in [0.05, 0.1) is 6.54 Å². The Morgan fingerprint density at radius 2 is 2.07 bits per heavy atom. The molecular formula is C21H31N5O2. The normalized spacial score (nSPS) is 19.6. The summed E-state index contributed by atoms with van der Waals surface area (Å²) in [6.45, 7) is 8.25. The highest BCUT2D eigenvalue weighted by molar-refractivity contribution is 5.78. The number of nitrogens with zero attached hydrogens (tertiary/aromatic N) is 4. The zero-order valence-electron chi connectivity index (χ0n) is 17.1. The van der Waals surface area contributed by atoms with Crippen molar-refractivity contribution in [3.05, 3.63) is 35.7 Å². The van der Waals surface area contributed by atoms with Crippen molar-refractivity contribution in [2.75, 3.05) is 13.2 Å². The van der Waals surface area contributed by atoms with Crippen LogP contribution in [-0.2, 0) is 11.3 Å². The molecule has 1 amide bonds. The minimum Gasteiger partial charge on any atom is -0.491 e. The highest BCUT2D eigenvalue weighted by atomic mass is 16.5. The van der Waals surface area contributed by atoms with Gasteiger partial charge in [0.2, 0.25) is 5.91 Å². The van der Waals surface area contributed by atoms with Crippen LogP contribution in [0.15, 0.2) is 24.5 Å². The van der Waals surface area contributed by atoms with Gasteiger partial charge in [0.15, 0.2) is 0 Å². The van der Waals surface area contributed by atoms with Crippen LogP contribution in [0.4, 0.5) is 0 Å². The summed E-state index contributed by atoms with van der Waals surface area (Å²) in [5.41, 5.74) is 2.39. The number of benzene rings is 1. The summed E-state index contributed by atoms with van der Waals surface area (Å²) >= 11 is 0. The Bertz CT molecular complexity index is 752. The number of carbonyl (C=O) groups excluding carboxylic acids is 1. The number of hydrogen-bond donors (Lipinski definition) is 1. The molecule has 0 atom stereocenters. The molecule has 0 saturated heterocycles. The molecule has 1 saturated carbocycles. The highest BCUT2D eigenvalue weighted by Crippen LogP contribution is 2.30. The Hall–Kier alpha value is -2.44. The molecule has 0 spiro atoms. The van der Waals surface area contributed by atoms with E-state index in [0.29, 0.717) is 25.0 Å². The number of carbonyl (C=O) groups is 1. The predicted octanol–water partition coefficient (Wildman–Crippen LogP) is 3.11. The average molecular weight is 386 g/mol. The van der Waals surface area contributed by atoms with E-state index < -0.39 is 0 Å². The molecule has 28 heavy (non-hydrogen) atoms. The molecule has 0 bridgehead atoms. The third-order valence-electron chi connectivity index (χ3n) is 5.50. The van der Waals surface area contributed by atoms with Crippen LogP contribution in [0, 0.1) is 18.8 Å². The summed E-state index contributed by atoms with van der Waals surface area (Å²) in [7, 11) is 0. The molecule has 0 radical (unpaired) electrons. The van der Waals surface area contributed by atoms with Crippen molar-refractivity contribution < 1.29 is 9.53 Å². The lowest BCUT2D eigenvalue weighted by molar-refractivity contribution is -0.126. The molecule has 1 aliphatic rings. The molecule has 1 aromatic carbocycles. The van der Waals surface area contributed by atoms with Crippen molar-refractivity contribution in [1.82, 2.24) is 25.5 Å². The molecule has 1 aliphatic carbocycles. The summed E-state index contributed by atoms with van der Waals surface area (Å²) < 4.78 is 7.73. The third-order valence-corrected chi connectivity index (χ3v) is 5.50. The van der Waals surface area contributed by atoms with E-state index >= 15 is 0 Å². The minimum absolute atomic E-state index is 0.107. The Morgan fingerprint density at radius 3 is 2.75 bits per heavy atom. The Labute approximate surface area is 166 Å². The number of hydrogen-bond acceptors (Lipinski definition) is 5. The molecule has 0 aliphatic heterocycles. The fraction of sp³-hybridized carbons (Fsp3) is 0.619. The Morgan fingerprint density at radius 1 is 1.29 bits per heavy atom. The number of rotatable bonds is 8. The van der Waals surface area contributed by atoms with Gasteiger partial charge < -0.3 is 10.1 Å². The Balaban J connectivity index is 1.38. The van der Waals surface area contributed by atoms with Gasteiger partial charge in [-0.2, -0.15) is 0 Å². The molecule has 1 aromatic heterocycles. The number of ether oxygens (including phenoxy) is 1. The maximum absolute atomic E-state index is 12.5. The second-order valence-electron chi connectivity index (χ2n) is 8.08. The maximum atomic E-state index is 12.5. The standard InChI is InChI=1S/C21H31N5O2/c1-15(2)19-9-4-16(3)12-20(19)28-11-10-22-21(27)18-7-5-17(6-8-18)13-26-14-23-24-25-26/h4,9,12,14-15,17-18H,5-8,10-11,13H2,1-3H3,(H,22,27). The summed E-state index contributed by atoms with van der Waals surface area (Å²) in [6, 6.07) is 6.31. The fourth-order valence-electron chi connectivity index (χ4n) is 3.86. The molecule has 7 nitrogen and oxygen atoms in total. The first-order chi connectivity index (χ1) is 13.5. The lowest BCUT2D eigenvalue weighted by Crippen LogP contribution is -2.36. The summed E-state index contributed by atoms with van der Waals surface area (Å²) in [5, 5.41) is 14.3. The van der Waals surface area contributed by atoms with E-state index in [1.54, 1.807) is 11.0 Å². The average Bonchev–Trinajstić information content (AvgIpc) is 3.18. The van der Waals surface area contributed by atoms with Crippen LogP contribution in [0.2, 0.25) is 0 Å². The van der Waals surface area contributed by atoms with Gasteiger partial charge in [-0.25, -0.2) is 4.68 Å². The van der Waals surface area contributed by atoms with Gasteiger partial charge in [-0.3, -0.25) is 4.79 Å². The smallest absolute Gasteiger partial charge is 0.223 e. The lowest BCUT2D eigenvalue weighted by atomic mass is 9.81. The second-order valence-corrected chi connectivity index (χ2v) is 8.08. The molecule has 1 fully saturated rings. The zero-order chi connectivity index (χ0) is 19.9. The predicted molar refractivity (Wildman–Crippen MR) is 107 cm³/mol. The lowest BCUT2D eigenvalue weighted by Gasteiger charge is -2.27. The van der Waals surface area contributed by atoms with Crippen LogP contribution in [-0.4, -0.2) is 39.3 Å². The van der Waals surface area contributed by atoms with Gasteiger partial charge in [-0.05, 0) is 72.1 Å². The quantitative estimate of drug-likeness (QED) is 0.706. The van der Waals surface area contributed by atoms with Crippen molar-refractivity contribution in [1.29, 1.82) is 0 Å². The highest BCUT2D eigenvalue weighted by Gasteiger charge is 2.26. The van der Waals surface area contributed by atoms with Crippen LogP contribution in [0.5, 0.6) is 5.75 Å². The van der Waals surface area contributed by atoms with Crippen LogP contribution in [0.1, 0.15) is 56.6 Å². The van der Waals surface area contributed by atoms with Crippen molar-refractivity contribution >= 4 is 5.91 Å². The number of nitrogens with one attached hydrogen (secondary N) is 1. The van der Waals surface area contributed by atoms with E-state index in [9.17, 15) is 4.79 Å². The number of amides is 1. The van der Waals surface area contributed by atoms with Gasteiger partial charge >= 0.3 is 0 Å². The topological polar surface area (TPSA) is 81.9 Å². The molecular weight excluding hydrogens is 354 g/mol. The molecule has 2 aromatic rings. The van der Waals surface area contributed by atoms with Crippen LogP contribution >= 0.6 is 0 Å². The molecule has 0 unspecified atom stereocenters. The van der Waals surface area contributed by atoms with Gasteiger partial charge in [-0.15, -0.1) is 5.10 Å². The number of aromatic nitrogens is 4. The van der Waals surface area contributed by atoms with Gasteiger partial charge in [-0.1, -0.05) is 26.0 Å². The zero-order valence-corrected chi connectivity index (χ0v) is 17.1. The third kappa shape index (κ3) is 5.53. The first-order valence-electron chi connectivity index (χ1n) is 10.2. The van der Waals surface area contributed by atoms with E-state index in [0.717, 1.165) is 38.0 Å². The Kier molecular flexibility index (Phi) is 7.01. The van der Waals surface area contributed by atoms with Crippen molar-refractivity contribution in [2.45, 2.75) is 58.9 Å². The molecule has 1 N–H and O–H groups in total. The van der Waals surface area contributed by atoms with Gasteiger partial charge in [0.1, 0.15) is 18.7 Å². The SMILES string of the molecule is Cc1ccc(C(C)C)c(OCCNC(=O)C2CCC(Cn3cnnn3)CC2)c1. The summed E-state index contributed by atoms with van der Waals surface area (Å²) in [4.78, 5) is 12.5.